The van der Waals surface area contributed by atoms with Crippen LogP contribution in [0, 0.1) is 0 Å². The second-order valence-corrected chi connectivity index (χ2v) is 10.9. The molecule has 1 aliphatic carbocycles. The van der Waals surface area contributed by atoms with E-state index in [0.717, 1.165) is 62.7 Å². The van der Waals surface area contributed by atoms with E-state index in [9.17, 15) is 22.8 Å². The zero-order valence-corrected chi connectivity index (χ0v) is 23.1. The van der Waals surface area contributed by atoms with E-state index in [-0.39, 0.29) is 35.4 Å². The Kier molecular flexibility index (Phi) is 7.74. The lowest BCUT2D eigenvalue weighted by molar-refractivity contribution is -0.137. The molecule has 1 aliphatic heterocycles. The standard InChI is InChI=1S/C30H30F3N7O3/c31-30(32,33)20-10-11-35-23(16-20)38-28(41)18-8-6-17(7-9-18)24-25-26(34)36-12-13-40(25)27(39-24)19-3-1-4-21(15-19)37-29(42)22-5-2-14-43-22/h6-13,16,19,21-22H,1-5,14-15H2,(H2,34,36)(H,37,42)(H,35,38,41)/t19-,21-,22?/m1/s1. The molecule has 1 saturated heterocycles. The number of nitrogen functional groups attached to an aromatic ring is 1. The number of anilines is 2. The number of imidazole rings is 1. The van der Waals surface area contributed by atoms with Gasteiger partial charge in [-0.2, -0.15) is 13.2 Å². The Morgan fingerprint density at radius 1 is 1.02 bits per heavy atom. The fourth-order valence-electron chi connectivity index (χ4n) is 5.85. The summed E-state index contributed by atoms with van der Waals surface area (Å²) in [6.45, 7) is 0.613. The Labute approximate surface area is 244 Å². The summed E-state index contributed by atoms with van der Waals surface area (Å²) in [5.41, 5.74) is 7.56. The first kappa shape index (κ1) is 28.6. The largest absolute Gasteiger partial charge is 0.416 e. The molecule has 3 atom stereocenters. The van der Waals surface area contributed by atoms with E-state index in [1.807, 2.05) is 10.6 Å². The van der Waals surface area contributed by atoms with Gasteiger partial charge in [0, 0.05) is 48.3 Å². The molecular formula is C30H30F3N7O3. The number of pyridine rings is 1. The average Bonchev–Trinajstić information content (AvgIpc) is 3.67. The molecule has 4 N–H and O–H groups in total. The molecule has 6 rings (SSSR count). The van der Waals surface area contributed by atoms with Crippen molar-refractivity contribution in [3.05, 3.63) is 71.9 Å². The Bertz CT molecular complexity index is 1650. The molecular weight excluding hydrogens is 563 g/mol. The van der Waals surface area contributed by atoms with E-state index >= 15 is 0 Å². The third-order valence-corrected chi connectivity index (χ3v) is 7.97. The number of aromatic nitrogens is 4. The first-order valence-electron chi connectivity index (χ1n) is 14.2. The van der Waals surface area contributed by atoms with Crippen molar-refractivity contribution in [2.75, 3.05) is 17.7 Å². The van der Waals surface area contributed by atoms with Crippen molar-refractivity contribution in [3.63, 3.8) is 0 Å². The van der Waals surface area contributed by atoms with Crippen LogP contribution in [0.2, 0.25) is 0 Å². The number of nitrogens with zero attached hydrogens (tertiary/aromatic N) is 4. The quantitative estimate of drug-likeness (QED) is 0.287. The van der Waals surface area contributed by atoms with Gasteiger partial charge in [-0.15, -0.1) is 0 Å². The van der Waals surface area contributed by atoms with E-state index in [1.165, 1.54) is 0 Å². The molecule has 43 heavy (non-hydrogen) atoms. The first-order valence-corrected chi connectivity index (χ1v) is 14.2. The Morgan fingerprint density at radius 2 is 1.84 bits per heavy atom. The van der Waals surface area contributed by atoms with Crippen LogP contribution in [0.15, 0.2) is 55.0 Å². The molecule has 0 bridgehead atoms. The fraction of sp³-hybridized carbons (Fsp3) is 0.367. The predicted octanol–water partition coefficient (Wildman–Crippen LogP) is 4.97. The van der Waals surface area contributed by atoms with Crippen LogP contribution in [-0.2, 0) is 15.7 Å². The van der Waals surface area contributed by atoms with Crippen molar-refractivity contribution >= 4 is 29.0 Å². The van der Waals surface area contributed by atoms with Crippen molar-refractivity contribution in [1.29, 1.82) is 0 Å². The van der Waals surface area contributed by atoms with Gasteiger partial charge in [0.15, 0.2) is 0 Å². The number of amides is 2. The Morgan fingerprint density at radius 3 is 2.58 bits per heavy atom. The summed E-state index contributed by atoms with van der Waals surface area (Å²) in [6, 6.07) is 8.17. The van der Waals surface area contributed by atoms with Crippen LogP contribution in [0.1, 0.15) is 66.2 Å². The maximum Gasteiger partial charge on any atom is 0.416 e. The van der Waals surface area contributed by atoms with Gasteiger partial charge < -0.3 is 21.1 Å². The third kappa shape index (κ3) is 6.03. The minimum Gasteiger partial charge on any atom is -0.382 e. The smallest absolute Gasteiger partial charge is 0.382 e. The number of hydrogen-bond acceptors (Lipinski definition) is 7. The van der Waals surface area contributed by atoms with Crippen LogP contribution in [-0.4, -0.2) is 49.9 Å². The molecule has 3 aromatic heterocycles. The zero-order chi connectivity index (χ0) is 30.1. The van der Waals surface area contributed by atoms with Crippen LogP contribution >= 0.6 is 0 Å². The lowest BCUT2D eigenvalue weighted by Gasteiger charge is -2.29. The molecule has 1 saturated carbocycles. The fourth-order valence-corrected chi connectivity index (χ4v) is 5.85. The molecule has 2 aliphatic rings. The number of nitrogens with two attached hydrogens (primary N) is 1. The highest BCUT2D eigenvalue weighted by atomic mass is 19.4. The van der Waals surface area contributed by atoms with Crippen molar-refractivity contribution in [2.45, 2.75) is 62.8 Å². The van der Waals surface area contributed by atoms with Gasteiger partial charge in [-0.1, -0.05) is 18.6 Å². The Hall–Kier alpha value is -4.52. The summed E-state index contributed by atoms with van der Waals surface area (Å²) in [5.74, 6) is 0.314. The van der Waals surface area contributed by atoms with Gasteiger partial charge >= 0.3 is 6.18 Å². The van der Waals surface area contributed by atoms with Gasteiger partial charge in [0.05, 0.1) is 5.56 Å². The molecule has 4 heterocycles. The number of hydrogen-bond donors (Lipinski definition) is 3. The number of fused-ring (bicyclic) bond motifs is 1. The molecule has 1 unspecified atom stereocenters. The summed E-state index contributed by atoms with van der Waals surface area (Å²) < 4.78 is 46.6. The number of nitrogens with one attached hydrogen (secondary N) is 2. The summed E-state index contributed by atoms with van der Waals surface area (Å²) in [4.78, 5) is 38.5. The van der Waals surface area contributed by atoms with E-state index < -0.39 is 17.6 Å². The second kappa shape index (κ2) is 11.6. The number of ether oxygens (including phenoxy) is 1. The zero-order valence-electron chi connectivity index (χ0n) is 23.1. The number of benzene rings is 1. The molecule has 13 heteroatoms. The maximum absolute atomic E-state index is 13.0. The van der Waals surface area contributed by atoms with Crippen molar-refractivity contribution < 1.29 is 27.5 Å². The normalized spacial score (nSPS) is 20.7. The highest BCUT2D eigenvalue weighted by Gasteiger charge is 2.32. The molecule has 4 aromatic rings. The molecule has 2 fully saturated rings. The lowest BCUT2D eigenvalue weighted by atomic mass is 9.85. The van der Waals surface area contributed by atoms with Crippen LogP contribution < -0.4 is 16.4 Å². The molecule has 0 radical (unpaired) electrons. The van der Waals surface area contributed by atoms with Crippen LogP contribution in [0.25, 0.3) is 16.8 Å². The molecule has 10 nitrogen and oxygen atoms in total. The topological polar surface area (TPSA) is 137 Å². The van der Waals surface area contributed by atoms with Gasteiger partial charge in [0.25, 0.3) is 5.91 Å². The molecule has 2 amide bonds. The highest BCUT2D eigenvalue weighted by Crippen LogP contribution is 2.37. The van der Waals surface area contributed by atoms with Gasteiger partial charge in [-0.3, -0.25) is 14.0 Å². The van der Waals surface area contributed by atoms with Crippen molar-refractivity contribution in [2.24, 2.45) is 0 Å². The minimum absolute atomic E-state index is 0.00884. The molecule has 1 aromatic carbocycles. The number of carbonyl (C=O) groups excluding carboxylic acids is 2. The minimum atomic E-state index is -4.55. The molecule has 0 spiro atoms. The highest BCUT2D eigenvalue weighted by molar-refractivity contribution is 6.04. The second-order valence-electron chi connectivity index (χ2n) is 10.9. The summed E-state index contributed by atoms with van der Waals surface area (Å²) in [5, 5.41) is 5.58. The van der Waals surface area contributed by atoms with E-state index in [0.29, 0.717) is 29.2 Å². The van der Waals surface area contributed by atoms with Crippen molar-refractivity contribution in [1.82, 2.24) is 24.7 Å². The lowest BCUT2D eigenvalue weighted by Crippen LogP contribution is -2.43. The van der Waals surface area contributed by atoms with Crippen LogP contribution in [0.4, 0.5) is 24.8 Å². The van der Waals surface area contributed by atoms with E-state index in [1.54, 1.807) is 30.5 Å². The maximum atomic E-state index is 13.0. The summed E-state index contributed by atoms with van der Waals surface area (Å²) in [7, 11) is 0. The van der Waals surface area contributed by atoms with E-state index in [4.69, 9.17) is 15.5 Å². The predicted molar refractivity (Wildman–Crippen MR) is 152 cm³/mol. The number of rotatable bonds is 6. The first-order chi connectivity index (χ1) is 20.7. The van der Waals surface area contributed by atoms with Crippen LogP contribution in [0.3, 0.4) is 0 Å². The molecule has 224 valence electrons. The van der Waals surface area contributed by atoms with Gasteiger partial charge in [-0.25, -0.2) is 15.0 Å². The SMILES string of the molecule is Nc1nccn2c([C@@H]3CCC[C@@H](NC(=O)C4CCCO4)C3)nc(-c3ccc(C(=O)Nc4cc(C(F)(F)F)ccn4)cc3)c12. The van der Waals surface area contributed by atoms with Gasteiger partial charge in [-0.05, 0) is 56.4 Å². The monoisotopic (exact) mass is 593 g/mol. The van der Waals surface area contributed by atoms with E-state index in [2.05, 4.69) is 20.6 Å². The van der Waals surface area contributed by atoms with Gasteiger partial charge in [0.2, 0.25) is 5.91 Å². The van der Waals surface area contributed by atoms with Crippen LogP contribution in [0.5, 0.6) is 0 Å². The van der Waals surface area contributed by atoms with Crippen molar-refractivity contribution in [3.8, 4) is 11.3 Å². The number of carbonyl (C=O) groups is 2. The summed E-state index contributed by atoms with van der Waals surface area (Å²) in [6.07, 6.45) is 4.56. The number of halogens is 3. The van der Waals surface area contributed by atoms with Gasteiger partial charge in [0.1, 0.15) is 34.8 Å². The average molecular weight is 594 g/mol. The summed E-state index contributed by atoms with van der Waals surface area (Å²) >= 11 is 0. The third-order valence-electron chi connectivity index (χ3n) is 7.97. The Balaban J connectivity index is 1.23. The number of alkyl halides is 3.